The number of fused-ring (bicyclic) bond motifs is 5. The molecule has 37 heavy (non-hydrogen) atoms. The molecular formula is C29H27N7O. The number of aliphatic imine (C=N–C) groups is 1. The van der Waals surface area contributed by atoms with Gasteiger partial charge in [-0.3, -0.25) is 19.6 Å². The van der Waals surface area contributed by atoms with Gasteiger partial charge in [0.05, 0.1) is 24.3 Å². The maximum absolute atomic E-state index is 13.7. The number of guanidine groups is 1. The van der Waals surface area contributed by atoms with Gasteiger partial charge < -0.3 is 5.32 Å². The summed E-state index contributed by atoms with van der Waals surface area (Å²) in [5.74, 6) is 2.05. The molecule has 2 aliphatic heterocycles. The van der Waals surface area contributed by atoms with Gasteiger partial charge in [-0.15, -0.1) is 0 Å². The molecule has 2 aromatic carbocycles. The monoisotopic (exact) mass is 489 g/mol. The summed E-state index contributed by atoms with van der Waals surface area (Å²) < 4.78 is 1.92. The van der Waals surface area contributed by atoms with Crippen LogP contribution in [-0.4, -0.2) is 50.7 Å². The fourth-order valence-electron chi connectivity index (χ4n) is 5.69. The molecule has 0 spiro atoms. The molecule has 1 saturated carbocycles. The Morgan fingerprint density at radius 3 is 2.57 bits per heavy atom. The minimum atomic E-state index is -0.0832. The summed E-state index contributed by atoms with van der Waals surface area (Å²) >= 11 is 0. The number of aromatic nitrogens is 3. The van der Waals surface area contributed by atoms with E-state index < -0.39 is 0 Å². The Morgan fingerprint density at radius 2 is 1.78 bits per heavy atom. The number of amides is 1. The molecule has 0 radical (unpaired) electrons. The van der Waals surface area contributed by atoms with Gasteiger partial charge in [0.1, 0.15) is 11.4 Å². The average Bonchev–Trinajstić information content (AvgIpc) is 3.63. The molecule has 1 fully saturated rings. The summed E-state index contributed by atoms with van der Waals surface area (Å²) in [6.07, 6.45) is 5.06. The largest absolute Gasteiger partial charge is 0.340 e. The number of pyridine rings is 1. The molecule has 2 atom stereocenters. The fourth-order valence-corrected chi connectivity index (χ4v) is 5.69. The van der Waals surface area contributed by atoms with Crippen molar-refractivity contribution in [2.24, 2.45) is 4.99 Å². The first-order chi connectivity index (χ1) is 18.2. The summed E-state index contributed by atoms with van der Waals surface area (Å²) in [5, 5.41) is 8.56. The predicted octanol–water partition coefficient (Wildman–Crippen LogP) is 4.92. The number of rotatable bonds is 5. The zero-order valence-corrected chi connectivity index (χ0v) is 20.6. The quantitative estimate of drug-likeness (QED) is 0.431. The second-order valence-electron chi connectivity index (χ2n) is 9.84. The molecular weight excluding hydrogens is 462 g/mol. The molecule has 4 aromatic rings. The van der Waals surface area contributed by atoms with Crippen molar-refractivity contribution in [3.63, 3.8) is 0 Å². The van der Waals surface area contributed by atoms with E-state index in [2.05, 4.69) is 39.5 Å². The zero-order valence-electron chi connectivity index (χ0n) is 20.6. The van der Waals surface area contributed by atoms with Crippen LogP contribution in [0.2, 0.25) is 0 Å². The van der Waals surface area contributed by atoms with E-state index >= 15 is 0 Å². The van der Waals surface area contributed by atoms with Gasteiger partial charge in [0.25, 0.3) is 5.91 Å². The van der Waals surface area contributed by atoms with Crippen LogP contribution in [0, 0.1) is 0 Å². The molecule has 2 aromatic heterocycles. The summed E-state index contributed by atoms with van der Waals surface area (Å²) in [4.78, 5) is 26.9. The highest BCUT2D eigenvalue weighted by Crippen LogP contribution is 2.43. The molecule has 7 rings (SSSR count). The highest BCUT2D eigenvalue weighted by atomic mass is 16.2. The number of nitrogens with one attached hydrogen (secondary N) is 1. The van der Waals surface area contributed by atoms with Crippen molar-refractivity contribution in [3.8, 4) is 11.3 Å². The first-order valence-corrected chi connectivity index (χ1v) is 12.8. The van der Waals surface area contributed by atoms with Crippen LogP contribution < -0.4 is 10.2 Å². The number of nitrogens with zero attached hydrogens (tertiary/aromatic N) is 6. The molecule has 4 heterocycles. The summed E-state index contributed by atoms with van der Waals surface area (Å²) in [6.45, 7) is 0.524. The second-order valence-corrected chi connectivity index (χ2v) is 9.84. The Hall–Kier alpha value is -4.46. The summed E-state index contributed by atoms with van der Waals surface area (Å²) in [7, 11) is 1.82. The van der Waals surface area contributed by atoms with E-state index in [4.69, 9.17) is 10.1 Å². The van der Waals surface area contributed by atoms with Crippen LogP contribution in [0.3, 0.4) is 0 Å². The van der Waals surface area contributed by atoms with E-state index in [1.54, 1.807) is 11.1 Å². The number of para-hydroxylation sites is 1. The lowest BCUT2D eigenvalue weighted by atomic mass is 10.1. The molecule has 0 bridgehead atoms. The number of carbonyl (C=O) groups excluding carboxylic acids is 1. The highest BCUT2D eigenvalue weighted by Gasteiger charge is 2.49. The molecule has 1 amide bonds. The van der Waals surface area contributed by atoms with Crippen LogP contribution in [0.5, 0.6) is 0 Å². The minimum absolute atomic E-state index is 0.0832. The molecule has 0 saturated heterocycles. The van der Waals surface area contributed by atoms with Gasteiger partial charge in [0.2, 0.25) is 5.96 Å². The van der Waals surface area contributed by atoms with Crippen molar-refractivity contribution in [1.29, 1.82) is 0 Å². The molecule has 1 aliphatic carbocycles. The van der Waals surface area contributed by atoms with Crippen LogP contribution in [0.25, 0.3) is 11.3 Å². The Kier molecular flexibility index (Phi) is 5.06. The topological polar surface area (TPSA) is 78.7 Å². The third kappa shape index (κ3) is 3.59. The second kappa shape index (κ2) is 8.58. The van der Waals surface area contributed by atoms with Crippen LogP contribution >= 0.6 is 0 Å². The van der Waals surface area contributed by atoms with Crippen molar-refractivity contribution in [2.75, 3.05) is 17.3 Å². The number of carbonyl (C=O) groups is 1. The molecule has 3 aliphatic rings. The molecule has 8 heteroatoms. The number of hydrogen-bond donors (Lipinski definition) is 1. The molecule has 8 nitrogen and oxygen atoms in total. The number of hydrogen-bond acceptors (Lipinski definition) is 6. The smallest absolute Gasteiger partial charge is 0.267 e. The first kappa shape index (κ1) is 21.8. The Labute approximate surface area is 215 Å². The Bertz CT molecular complexity index is 1490. The van der Waals surface area contributed by atoms with Gasteiger partial charge >= 0.3 is 0 Å². The lowest BCUT2D eigenvalue weighted by Crippen LogP contribution is -2.51. The normalized spacial score (nSPS) is 19.9. The van der Waals surface area contributed by atoms with E-state index in [9.17, 15) is 4.79 Å². The van der Waals surface area contributed by atoms with Crippen molar-refractivity contribution < 1.29 is 4.79 Å². The van der Waals surface area contributed by atoms with Gasteiger partial charge in [-0.25, -0.2) is 9.67 Å². The molecule has 1 N–H and O–H groups in total. The zero-order chi connectivity index (χ0) is 24.9. The average molecular weight is 490 g/mol. The first-order valence-electron chi connectivity index (χ1n) is 12.8. The van der Waals surface area contributed by atoms with Gasteiger partial charge in [0.15, 0.2) is 5.82 Å². The van der Waals surface area contributed by atoms with E-state index in [1.807, 2.05) is 60.3 Å². The Morgan fingerprint density at radius 1 is 0.973 bits per heavy atom. The summed E-state index contributed by atoms with van der Waals surface area (Å²) in [6, 6.07) is 24.7. The van der Waals surface area contributed by atoms with Crippen LogP contribution in [0.15, 0.2) is 84.0 Å². The van der Waals surface area contributed by atoms with Gasteiger partial charge in [-0.2, -0.15) is 5.10 Å². The number of anilines is 3. The third-order valence-electron chi connectivity index (χ3n) is 7.54. The lowest BCUT2D eigenvalue weighted by molar-refractivity contribution is 0.0866. The van der Waals surface area contributed by atoms with Gasteiger partial charge in [0, 0.05) is 24.5 Å². The SMILES string of the molecule is CN1C(=O)c2c(nn(Cc3ccc(-c4ccccn4)cc3)c2Nc2ccccc2)N2C1=NC1CCCC12. The van der Waals surface area contributed by atoms with E-state index in [1.165, 1.54) is 0 Å². The standard InChI is InChI=1S/C29H27N7O/c1-34-28(37)25-26(31-21-8-3-2-4-9-21)35(33-27(25)36-24-12-7-11-23(24)32-29(34)36)18-19-13-15-20(16-14-19)22-10-5-6-17-30-22/h2-6,8-10,13-17,23-24,31H,7,11-12,18H2,1H3. The maximum Gasteiger partial charge on any atom is 0.267 e. The van der Waals surface area contributed by atoms with E-state index in [0.29, 0.717) is 23.7 Å². The molecule has 2 unspecified atom stereocenters. The van der Waals surface area contributed by atoms with Crippen molar-refractivity contribution in [1.82, 2.24) is 19.7 Å². The third-order valence-corrected chi connectivity index (χ3v) is 7.54. The minimum Gasteiger partial charge on any atom is -0.340 e. The van der Waals surface area contributed by atoms with Gasteiger partial charge in [-0.1, -0.05) is 48.5 Å². The van der Waals surface area contributed by atoms with Crippen LogP contribution in [0.1, 0.15) is 35.2 Å². The van der Waals surface area contributed by atoms with Crippen LogP contribution in [-0.2, 0) is 6.54 Å². The van der Waals surface area contributed by atoms with Gasteiger partial charge in [-0.05, 0) is 49.1 Å². The fraction of sp³-hybridized carbons (Fsp3) is 0.241. The molecule has 184 valence electrons. The van der Waals surface area contributed by atoms with Crippen molar-refractivity contribution >= 4 is 29.2 Å². The van der Waals surface area contributed by atoms with Crippen molar-refractivity contribution in [3.05, 3.63) is 90.1 Å². The number of benzene rings is 2. The summed E-state index contributed by atoms with van der Waals surface area (Å²) in [5.41, 5.74) is 4.60. The van der Waals surface area contributed by atoms with Crippen LogP contribution in [0.4, 0.5) is 17.3 Å². The van der Waals surface area contributed by atoms with Crippen molar-refractivity contribution in [2.45, 2.75) is 37.9 Å². The van der Waals surface area contributed by atoms with E-state index in [-0.39, 0.29) is 18.0 Å². The predicted molar refractivity (Wildman–Crippen MR) is 144 cm³/mol. The van der Waals surface area contributed by atoms with E-state index in [0.717, 1.165) is 47.7 Å². The lowest BCUT2D eigenvalue weighted by Gasteiger charge is -2.34. The Balaban J connectivity index is 1.30. The highest BCUT2D eigenvalue weighted by molar-refractivity contribution is 6.21. The maximum atomic E-state index is 13.7.